The van der Waals surface area contributed by atoms with Crippen LogP contribution in [0.15, 0.2) is 21.7 Å². The first-order valence-electron chi connectivity index (χ1n) is 13.8. The van der Waals surface area contributed by atoms with Crippen molar-refractivity contribution in [3.05, 3.63) is 59.6 Å². The minimum Gasteiger partial charge on any atom is -0.360 e. The van der Waals surface area contributed by atoms with E-state index in [1.807, 2.05) is 39.5 Å². The quantitative estimate of drug-likeness (QED) is 0.164. The molecule has 0 amide bonds. The third kappa shape index (κ3) is 5.36. The average molecular weight is 652 g/mol. The lowest BCUT2D eigenvalue weighted by Crippen LogP contribution is -2.61. The number of piperazine rings is 1. The summed E-state index contributed by atoms with van der Waals surface area (Å²) in [5.41, 5.74) is -0.514. The number of halogens is 3. The zero-order chi connectivity index (χ0) is 30.7. The Bertz CT molecular complexity index is 1560. The fourth-order valence-corrected chi connectivity index (χ4v) is 6.44. The Kier molecular flexibility index (Phi) is 8.57. The first kappa shape index (κ1) is 31.3. The van der Waals surface area contributed by atoms with Crippen LogP contribution in [-0.4, -0.2) is 55.1 Å². The number of aromatic nitrogens is 3. The molecule has 0 radical (unpaired) electrons. The summed E-state index contributed by atoms with van der Waals surface area (Å²) in [4.78, 5) is 39.6. The molecule has 3 heterocycles. The Morgan fingerprint density at radius 2 is 1.63 bits per heavy atom. The van der Waals surface area contributed by atoms with Crippen molar-refractivity contribution < 1.29 is 9.31 Å². The third-order valence-electron chi connectivity index (χ3n) is 7.76. The van der Waals surface area contributed by atoms with Crippen LogP contribution < -0.4 is 10.5 Å². The van der Waals surface area contributed by atoms with Crippen molar-refractivity contribution in [2.45, 2.75) is 91.8 Å². The van der Waals surface area contributed by atoms with Crippen LogP contribution in [0.1, 0.15) is 85.5 Å². The van der Waals surface area contributed by atoms with Gasteiger partial charge in [-0.2, -0.15) is 0 Å². The van der Waals surface area contributed by atoms with Crippen molar-refractivity contribution in [2.24, 2.45) is 0 Å². The van der Waals surface area contributed by atoms with Crippen LogP contribution in [0, 0.1) is 15.9 Å². The van der Waals surface area contributed by atoms with E-state index in [0.717, 1.165) is 4.57 Å². The number of hydrogen-bond donors (Lipinski definition) is 0. The van der Waals surface area contributed by atoms with Gasteiger partial charge < -0.3 is 4.90 Å². The molecule has 1 aromatic carbocycles. The van der Waals surface area contributed by atoms with E-state index in [0.29, 0.717) is 24.5 Å². The molecule has 222 valence electrons. The molecule has 1 aliphatic rings. The predicted octanol–water partition coefficient (Wildman–Crippen LogP) is 7.19. The maximum atomic E-state index is 16.4. The first-order valence-corrected chi connectivity index (χ1v) is 14.9. The molecule has 2 aromatic heterocycles. The van der Waals surface area contributed by atoms with Crippen molar-refractivity contribution in [1.29, 1.82) is 0 Å². The van der Waals surface area contributed by atoms with Gasteiger partial charge in [0.15, 0.2) is 5.82 Å². The van der Waals surface area contributed by atoms with E-state index in [1.165, 1.54) is 12.4 Å². The molecule has 1 aliphatic heterocycles. The van der Waals surface area contributed by atoms with E-state index in [1.54, 1.807) is 0 Å². The second kappa shape index (κ2) is 11.2. The fourth-order valence-electron chi connectivity index (χ4n) is 5.94. The standard InChI is InChI=1S/C29H37BrClFN6O3/c1-14(2)22-26(23(15(3)4)34-13-33-22)37-24-18(10-19(31)20(30)21(24)32)25(27(28(37)39)38(40)41)35-11-17(6)36(12-16(35)5)29(7,8)9/h10,13-17H,11-12H2,1-9H3/t16-,17-/m1/s1. The van der Waals surface area contributed by atoms with E-state index in [4.69, 9.17) is 11.6 Å². The van der Waals surface area contributed by atoms with Crippen LogP contribution >= 0.6 is 27.5 Å². The van der Waals surface area contributed by atoms with Crippen LogP contribution in [0.4, 0.5) is 15.8 Å². The number of nitrogens with zero attached hydrogens (tertiary/aromatic N) is 6. The fraction of sp³-hybridized carbons (Fsp3) is 0.552. The summed E-state index contributed by atoms with van der Waals surface area (Å²) < 4.78 is 17.5. The van der Waals surface area contributed by atoms with Crippen LogP contribution in [0.5, 0.6) is 0 Å². The SMILES string of the molecule is CC(C)c1ncnc(C(C)C)c1-n1c(=O)c([N+](=O)[O-])c(N2C[C@@H](C)N(C(C)(C)C)C[C@H]2C)c2cc(Cl)c(Br)c(F)c21. The van der Waals surface area contributed by atoms with Gasteiger partial charge in [-0.1, -0.05) is 39.3 Å². The third-order valence-corrected chi connectivity index (χ3v) is 9.06. The maximum absolute atomic E-state index is 16.4. The highest BCUT2D eigenvalue weighted by molar-refractivity contribution is 9.10. The highest BCUT2D eigenvalue weighted by Gasteiger charge is 2.41. The summed E-state index contributed by atoms with van der Waals surface area (Å²) in [5, 5.41) is 13.0. The molecule has 41 heavy (non-hydrogen) atoms. The van der Waals surface area contributed by atoms with E-state index < -0.39 is 22.0 Å². The predicted molar refractivity (Wildman–Crippen MR) is 165 cm³/mol. The first-order chi connectivity index (χ1) is 19.0. The van der Waals surface area contributed by atoms with Crippen molar-refractivity contribution in [1.82, 2.24) is 19.4 Å². The molecule has 12 heteroatoms. The molecular formula is C29H37BrClFN6O3. The van der Waals surface area contributed by atoms with Gasteiger partial charge in [0, 0.05) is 36.1 Å². The average Bonchev–Trinajstić information content (AvgIpc) is 2.87. The van der Waals surface area contributed by atoms with Crippen LogP contribution in [0.25, 0.3) is 16.6 Å². The second-order valence-corrected chi connectivity index (χ2v) is 13.7. The number of hydrogen-bond acceptors (Lipinski definition) is 7. The van der Waals surface area contributed by atoms with Crippen LogP contribution in [0.2, 0.25) is 5.02 Å². The smallest absolute Gasteiger partial charge is 0.358 e. The molecule has 1 fully saturated rings. The Labute approximate surface area is 253 Å². The van der Waals surface area contributed by atoms with E-state index in [9.17, 15) is 14.9 Å². The maximum Gasteiger partial charge on any atom is 0.358 e. The van der Waals surface area contributed by atoms with Crippen molar-refractivity contribution in [2.75, 3.05) is 18.0 Å². The molecule has 0 aliphatic carbocycles. The summed E-state index contributed by atoms with van der Waals surface area (Å²) >= 11 is 9.73. The zero-order valence-corrected chi connectivity index (χ0v) is 27.3. The van der Waals surface area contributed by atoms with Gasteiger partial charge in [-0.25, -0.2) is 14.4 Å². The Balaban J connectivity index is 2.21. The summed E-state index contributed by atoms with van der Waals surface area (Å²) in [5.74, 6) is -1.16. The van der Waals surface area contributed by atoms with E-state index in [2.05, 4.69) is 58.5 Å². The molecule has 3 aromatic rings. The van der Waals surface area contributed by atoms with Crippen molar-refractivity contribution in [3.8, 4) is 5.69 Å². The molecule has 0 spiro atoms. The molecule has 9 nitrogen and oxygen atoms in total. The van der Waals surface area contributed by atoms with Crippen LogP contribution in [0.3, 0.4) is 0 Å². The Morgan fingerprint density at radius 1 is 1.07 bits per heavy atom. The molecule has 2 atom stereocenters. The second-order valence-electron chi connectivity index (χ2n) is 12.5. The Morgan fingerprint density at radius 3 is 2.12 bits per heavy atom. The monoisotopic (exact) mass is 650 g/mol. The summed E-state index contributed by atoms with van der Waals surface area (Å²) in [6, 6.07) is 1.29. The summed E-state index contributed by atoms with van der Waals surface area (Å²) in [6.07, 6.45) is 1.41. The lowest BCUT2D eigenvalue weighted by Gasteiger charge is -2.50. The number of nitro groups is 1. The van der Waals surface area contributed by atoms with Gasteiger partial charge in [0.05, 0.1) is 37.0 Å². The van der Waals surface area contributed by atoms with E-state index >= 15 is 4.39 Å². The van der Waals surface area contributed by atoms with E-state index in [-0.39, 0.29) is 61.2 Å². The number of anilines is 1. The van der Waals surface area contributed by atoms with Gasteiger partial charge in [0.1, 0.15) is 12.0 Å². The largest absolute Gasteiger partial charge is 0.360 e. The van der Waals surface area contributed by atoms with Gasteiger partial charge in [-0.3, -0.25) is 24.4 Å². The number of benzene rings is 1. The topological polar surface area (TPSA) is 97.4 Å². The molecule has 4 rings (SSSR count). The van der Waals surface area contributed by atoms with Crippen molar-refractivity contribution in [3.63, 3.8) is 0 Å². The number of pyridine rings is 1. The summed E-state index contributed by atoms with van der Waals surface area (Å²) in [7, 11) is 0. The van der Waals surface area contributed by atoms with Crippen molar-refractivity contribution >= 4 is 49.8 Å². The number of fused-ring (bicyclic) bond motifs is 1. The molecule has 0 unspecified atom stereocenters. The normalized spacial score (nSPS) is 18.6. The Hall–Kier alpha value is -2.63. The molecule has 0 saturated carbocycles. The highest BCUT2D eigenvalue weighted by Crippen LogP contribution is 2.43. The minimum absolute atomic E-state index is 0.00154. The lowest BCUT2D eigenvalue weighted by atomic mass is 9.96. The lowest BCUT2D eigenvalue weighted by molar-refractivity contribution is -0.385. The zero-order valence-electron chi connectivity index (χ0n) is 24.9. The van der Waals surface area contributed by atoms with Gasteiger partial charge in [0.25, 0.3) is 0 Å². The molecular weight excluding hydrogens is 615 g/mol. The summed E-state index contributed by atoms with van der Waals surface area (Å²) in [6.45, 7) is 19.0. The molecule has 0 N–H and O–H groups in total. The van der Waals surface area contributed by atoms with Crippen LogP contribution in [-0.2, 0) is 0 Å². The minimum atomic E-state index is -0.942. The number of rotatable bonds is 5. The highest BCUT2D eigenvalue weighted by atomic mass is 79.9. The molecule has 1 saturated heterocycles. The van der Waals surface area contributed by atoms with Gasteiger partial charge in [0.2, 0.25) is 0 Å². The molecule has 0 bridgehead atoms. The van der Waals surface area contributed by atoms with Gasteiger partial charge in [-0.05, 0) is 68.5 Å². The van der Waals surface area contributed by atoms with Gasteiger partial charge in [-0.15, -0.1) is 0 Å². The van der Waals surface area contributed by atoms with Gasteiger partial charge >= 0.3 is 11.2 Å².